The fraction of sp³-hybridized carbons (Fsp3) is 0.462. The van der Waals surface area contributed by atoms with Gasteiger partial charge in [-0.1, -0.05) is 17.8 Å². The number of aliphatic hydroxyl groups is 2. The number of ketones is 1. The van der Waals surface area contributed by atoms with E-state index >= 15 is 0 Å². The number of hydrogen-bond donors (Lipinski definition) is 2. The highest BCUT2D eigenvalue weighted by Gasteiger charge is 2.19. The maximum atomic E-state index is 11.1. The average Bonchev–Trinajstić information content (AvgIpc) is 2.37. The summed E-state index contributed by atoms with van der Waals surface area (Å²) < 4.78 is 0. The van der Waals surface area contributed by atoms with Crippen molar-refractivity contribution in [2.45, 2.75) is 32.5 Å². The lowest BCUT2D eigenvalue weighted by Crippen LogP contribution is -2.19. The van der Waals surface area contributed by atoms with E-state index in [1.165, 1.54) is 26.1 Å². The molecule has 1 aromatic heterocycles. The number of nitrogens with zero attached hydrogens (tertiary/aromatic N) is 1. The van der Waals surface area contributed by atoms with Crippen molar-refractivity contribution >= 4 is 22.7 Å². The molecule has 2 atom stereocenters. The first-order valence-corrected chi connectivity index (χ1v) is 6.86. The molecule has 1 rings (SSSR count). The van der Waals surface area contributed by atoms with E-state index in [-0.39, 0.29) is 10.9 Å². The summed E-state index contributed by atoms with van der Waals surface area (Å²) in [6, 6.07) is 3.08. The summed E-state index contributed by atoms with van der Waals surface area (Å²) in [6.45, 7) is 2.87. The van der Waals surface area contributed by atoms with Crippen LogP contribution >= 0.6 is 11.8 Å². The summed E-state index contributed by atoms with van der Waals surface area (Å²) in [4.78, 5) is 25.7. The molecule has 0 bridgehead atoms. The third-order valence-corrected chi connectivity index (χ3v) is 3.42. The maximum absolute atomic E-state index is 11.1. The van der Waals surface area contributed by atoms with Crippen LogP contribution in [0.15, 0.2) is 18.3 Å². The predicted molar refractivity (Wildman–Crippen MR) is 73.0 cm³/mol. The van der Waals surface area contributed by atoms with E-state index < -0.39 is 12.2 Å². The number of carbonyl (C=O) groups is 2. The molecule has 0 aliphatic rings. The lowest BCUT2D eigenvalue weighted by atomic mass is 10.0. The Kier molecular flexibility index (Phi) is 6.14. The Morgan fingerprint density at radius 1 is 1.32 bits per heavy atom. The van der Waals surface area contributed by atoms with Crippen molar-refractivity contribution in [3.05, 3.63) is 29.6 Å². The fourth-order valence-electron chi connectivity index (χ4n) is 1.49. The minimum absolute atomic E-state index is 0.0193. The molecule has 0 spiro atoms. The molecule has 0 radical (unpaired) electrons. The van der Waals surface area contributed by atoms with Crippen LogP contribution in [-0.4, -0.2) is 38.0 Å². The second-order valence-electron chi connectivity index (χ2n) is 4.17. The van der Waals surface area contributed by atoms with Gasteiger partial charge >= 0.3 is 0 Å². The number of hydrogen-bond acceptors (Lipinski definition) is 6. The molecule has 0 aliphatic heterocycles. The quantitative estimate of drug-likeness (QED) is 0.766. The van der Waals surface area contributed by atoms with Crippen molar-refractivity contribution in [3.8, 4) is 0 Å². The Balaban J connectivity index is 2.58. The van der Waals surface area contributed by atoms with Gasteiger partial charge in [0.15, 0.2) is 10.9 Å². The molecule has 1 aromatic rings. The van der Waals surface area contributed by atoms with Gasteiger partial charge in [0.1, 0.15) is 11.8 Å². The molecule has 0 aromatic carbocycles. The number of pyridine rings is 1. The highest BCUT2D eigenvalue weighted by Crippen LogP contribution is 2.20. The van der Waals surface area contributed by atoms with Gasteiger partial charge in [-0.3, -0.25) is 14.6 Å². The fourth-order valence-corrected chi connectivity index (χ4v) is 2.14. The average molecular weight is 283 g/mol. The Morgan fingerprint density at radius 3 is 2.47 bits per heavy atom. The first kappa shape index (κ1) is 15.8. The number of carbonyl (C=O) groups excluding carboxylic acids is 2. The third kappa shape index (κ3) is 5.10. The standard InChI is InChI=1S/C13H17NO4S/c1-8(15)11-4-3-10(7-14-11)13(18)12(17)5-6-19-9(2)16/h3-4,7,12-13,17-18H,5-6H2,1-2H3. The van der Waals surface area contributed by atoms with E-state index in [9.17, 15) is 19.8 Å². The van der Waals surface area contributed by atoms with Crippen LogP contribution < -0.4 is 0 Å². The number of rotatable bonds is 6. The number of aromatic nitrogens is 1. The number of aliphatic hydroxyl groups excluding tert-OH is 2. The maximum Gasteiger partial charge on any atom is 0.185 e. The van der Waals surface area contributed by atoms with Crippen molar-refractivity contribution in [1.29, 1.82) is 0 Å². The highest BCUT2D eigenvalue weighted by molar-refractivity contribution is 8.13. The molecule has 0 amide bonds. The molecule has 2 N–H and O–H groups in total. The van der Waals surface area contributed by atoms with E-state index in [4.69, 9.17) is 0 Å². The molecular formula is C13H17NO4S. The molecule has 104 valence electrons. The zero-order valence-electron chi connectivity index (χ0n) is 10.9. The largest absolute Gasteiger partial charge is 0.390 e. The van der Waals surface area contributed by atoms with Crippen LogP contribution in [0.1, 0.15) is 42.4 Å². The van der Waals surface area contributed by atoms with Gasteiger partial charge < -0.3 is 10.2 Å². The van der Waals surface area contributed by atoms with Gasteiger partial charge in [-0.15, -0.1) is 0 Å². The van der Waals surface area contributed by atoms with Gasteiger partial charge in [-0.05, 0) is 12.5 Å². The minimum Gasteiger partial charge on any atom is -0.390 e. The normalized spacial score (nSPS) is 13.9. The molecular weight excluding hydrogens is 266 g/mol. The lowest BCUT2D eigenvalue weighted by molar-refractivity contribution is -0.109. The molecule has 0 aliphatic carbocycles. The first-order chi connectivity index (χ1) is 8.91. The Bertz CT molecular complexity index is 446. The molecule has 0 fully saturated rings. The van der Waals surface area contributed by atoms with Crippen LogP contribution in [0.4, 0.5) is 0 Å². The van der Waals surface area contributed by atoms with Crippen molar-refractivity contribution in [3.63, 3.8) is 0 Å². The Hall–Kier alpha value is -1.24. The second-order valence-corrected chi connectivity index (χ2v) is 5.45. The summed E-state index contributed by atoms with van der Waals surface area (Å²) in [6.07, 6.45) is -0.347. The second kappa shape index (κ2) is 7.37. The topological polar surface area (TPSA) is 87.5 Å². The van der Waals surface area contributed by atoms with Gasteiger partial charge in [-0.25, -0.2) is 0 Å². The zero-order chi connectivity index (χ0) is 14.4. The molecule has 6 heteroatoms. The van der Waals surface area contributed by atoms with E-state index in [2.05, 4.69) is 4.98 Å². The van der Waals surface area contributed by atoms with Crippen LogP contribution in [0.3, 0.4) is 0 Å². The Labute approximate surface area is 116 Å². The molecule has 0 saturated heterocycles. The van der Waals surface area contributed by atoms with Crippen LogP contribution in [0.2, 0.25) is 0 Å². The van der Waals surface area contributed by atoms with Crippen LogP contribution in [0, 0.1) is 0 Å². The monoisotopic (exact) mass is 283 g/mol. The van der Waals surface area contributed by atoms with Gasteiger partial charge in [0, 0.05) is 31.4 Å². The van der Waals surface area contributed by atoms with Crippen molar-refractivity contribution in [1.82, 2.24) is 4.98 Å². The SMILES string of the molecule is CC(=O)SCCC(O)C(O)c1ccc(C(C)=O)nc1. The van der Waals surface area contributed by atoms with Gasteiger partial charge in [0.05, 0.1) is 6.10 Å². The number of thioether (sulfide) groups is 1. The summed E-state index contributed by atoms with van der Waals surface area (Å²) in [5.74, 6) is 0.298. The van der Waals surface area contributed by atoms with Crippen LogP contribution in [0.5, 0.6) is 0 Å². The zero-order valence-corrected chi connectivity index (χ0v) is 11.7. The first-order valence-electron chi connectivity index (χ1n) is 5.88. The van der Waals surface area contributed by atoms with Gasteiger partial charge in [-0.2, -0.15) is 0 Å². The van der Waals surface area contributed by atoms with Crippen LogP contribution in [0.25, 0.3) is 0 Å². The van der Waals surface area contributed by atoms with E-state index in [0.29, 0.717) is 23.4 Å². The van der Waals surface area contributed by atoms with Crippen molar-refractivity contribution in [2.75, 3.05) is 5.75 Å². The molecule has 2 unspecified atom stereocenters. The van der Waals surface area contributed by atoms with E-state index in [1.54, 1.807) is 6.07 Å². The van der Waals surface area contributed by atoms with Gasteiger partial charge in [0.25, 0.3) is 0 Å². The van der Waals surface area contributed by atoms with Crippen molar-refractivity contribution < 1.29 is 19.8 Å². The highest BCUT2D eigenvalue weighted by atomic mass is 32.2. The molecule has 19 heavy (non-hydrogen) atoms. The summed E-state index contributed by atoms with van der Waals surface area (Å²) in [7, 11) is 0. The van der Waals surface area contributed by atoms with E-state index in [0.717, 1.165) is 11.8 Å². The van der Waals surface area contributed by atoms with Crippen LogP contribution in [-0.2, 0) is 4.79 Å². The minimum atomic E-state index is -1.07. The van der Waals surface area contributed by atoms with Crippen molar-refractivity contribution in [2.24, 2.45) is 0 Å². The summed E-state index contributed by atoms with van der Waals surface area (Å²) >= 11 is 1.11. The number of Topliss-reactive ketones (excluding diaryl/α,β-unsaturated/α-hetero) is 1. The smallest absolute Gasteiger partial charge is 0.185 e. The summed E-state index contributed by atoms with van der Waals surface area (Å²) in [5, 5.41) is 19.7. The summed E-state index contributed by atoms with van der Waals surface area (Å²) in [5.41, 5.74) is 0.767. The molecule has 0 saturated carbocycles. The van der Waals surface area contributed by atoms with E-state index in [1.807, 2.05) is 0 Å². The predicted octanol–water partition coefficient (Wildman–Crippen LogP) is 1.35. The molecule has 1 heterocycles. The molecule has 5 nitrogen and oxygen atoms in total. The third-order valence-electron chi connectivity index (χ3n) is 2.57. The Morgan fingerprint density at radius 2 is 2.00 bits per heavy atom. The van der Waals surface area contributed by atoms with Gasteiger partial charge in [0.2, 0.25) is 0 Å². The lowest BCUT2D eigenvalue weighted by Gasteiger charge is -2.17.